The number of nitro groups is 1. The van der Waals surface area contributed by atoms with Crippen LogP contribution in [0.25, 0.3) is 0 Å². The number of nitro benzene ring substituents is 1. The molecule has 0 aromatic heterocycles. The second kappa shape index (κ2) is 8.06. The minimum absolute atomic E-state index is 0.0389. The molecule has 27 heavy (non-hydrogen) atoms. The van der Waals surface area contributed by atoms with Gasteiger partial charge in [0.05, 0.1) is 9.82 Å². The lowest BCUT2D eigenvalue weighted by Crippen LogP contribution is -2.35. The summed E-state index contributed by atoms with van der Waals surface area (Å²) in [4.78, 5) is 10.9. The van der Waals surface area contributed by atoms with Gasteiger partial charge in [-0.15, -0.1) is 0 Å². The van der Waals surface area contributed by atoms with Crippen molar-refractivity contribution >= 4 is 27.1 Å². The van der Waals surface area contributed by atoms with Gasteiger partial charge in [-0.1, -0.05) is 25.5 Å². The minimum Gasteiger partial charge on any atom is -0.350 e. The molecule has 1 aliphatic rings. The third kappa shape index (κ3) is 4.28. The van der Waals surface area contributed by atoms with Gasteiger partial charge in [0.15, 0.2) is 0 Å². The Balaban J connectivity index is 1.91. The molecule has 3 rings (SSSR count). The van der Waals surface area contributed by atoms with Crippen molar-refractivity contribution in [3.63, 3.8) is 0 Å². The van der Waals surface area contributed by atoms with E-state index in [4.69, 9.17) is 0 Å². The van der Waals surface area contributed by atoms with E-state index >= 15 is 0 Å². The van der Waals surface area contributed by atoms with Crippen LogP contribution < -0.4 is 5.32 Å². The molecule has 1 fully saturated rings. The number of piperidine rings is 1. The van der Waals surface area contributed by atoms with Gasteiger partial charge in [-0.25, -0.2) is 8.42 Å². The van der Waals surface area contributed by atoms with E-state index in [-0.39, 0.29) is 16.3 Å². The summed E-state index contributed by atoms with van der Waals surface area (Å²) in [5, 5.41) is 14.5. The van der Waals surface area contributed by atoms with Crippen LogP contribution in [0.15, 0.2) is 47.4 Å². The summed E-state index contributed by atoms with van der Waals surface area (Å²) < 4.78 is 27.0. The van der Waals surface area contributed by atoms with Crippen molar-refractivity contribution in [3.05, 3.63) is 58.1 Å². The fourth-order valence-corrected chi connectivity index (χ4v) is 4.70. The van der Waals surface area contributed by atoms with Crippen molar-refractivity contribution in [3.8, 4) is 0 Å². The highest BCUT2D eigenvalue weighted by atomic mass is 32.2. The first-order valence-corrected chi connectivity index (χ1v) is 10.5. The van der Waals surface area contributed by atoms with Crippen LogP contribution in [0.5, 0.6) is 0 Å². The lowest BCUT2D eigenvalue weighted by Gasteiger charge is -2.25. The molecule has 0 spiro atoms. The van der Waals surface area contributed by atoms with Crippen LogP contribution in [0.1, 0.15) is 31.7 Å². The summed E-state index contributed by atoms with van der Waals surface area (Å²) in [5.74, 6) is 0. The van der Waals surface area contributed by atoms with Crippen LogP contribution in [0.3, 0.4) is 0 Å². The van der Waals surface area contributed by atoms with Gasteiger partial charge >= 0.3 is 0 Å². The molecule has 1 N–H and O–H groups in total. The standard InChI is InChI=1S/C19H23N3O4S/c1-2-15-6-8-16(9-7-15)20-18-11-10-17(14-19(18)22(23)24)27(25,26)21-12-4-3-5-13-21/h6-11,14,20H,2-5,12-13H2,1H3. The maximum Gasteiger partial charge on any atom is 0.294 e. The van der Waals surface area contributed by atoms with Gasteiger partial charge in [-0.2, -0.15) is 4.31 Å². The summed E-state index contributed by atoms with van der Waals surface area (Å²) in [6.45, 7) is 2.97. The van der Waals surface area contributed by atoms with E-state index in [0.717, 1.165) is 37.3 Å². The van der Waals surface area contributed by atoms with Gasteiger partial charge in [0.25, 0.3) is 5.69 Å². The quantitative estimate of drug-likeness (QED) is 0.594. The smallest absolute Gasteiger partial charge is 0.294 e. The monoisotopic (exact) mass is 389 g/mol. The minimum atomic E-state index is -3.72. The molecule has 1 saturated heterocycles. The van der Waals surface area contributed by atoms with E-state index < -0.39 is 14.9 Å². The zero-order valence-corrected chi connectivity index (χ0v) is 16.0. The van der Waals surface area contributed by atoms with Crippen molar-refractivity contribution in [2.45, 2.75) is 37.5 Å². The second-order valence-corrected chi connectivity index (χ2v) is 8.51. The highest BCUT2D eigenvalue weighted by Crippen LogP contribution is 2.32. The number of sulfonamides is 1. The molecular weight excluding hydrogens is 366 g/mol. The Morgan fingerprint density at radius 3 is 2.33 bits per heavy atom. The summed E-state index contributed by atoms with van der Waals surface area (Å²) in [7, 11) is -3.72. The van der Waals surface area contributed by atoms with Crippen LogP contribution in [-0.2, 0) is 16.4 Å². The van der Waals surface area contributed by atoms with Gasteiger partial charge in [-0.3, -0.25) is 10.1 Å². The van der Waals surface area contributed by atoms with E-state index in [1.807, 2.05) is 24.3 Å². The van der Waals surface area contributed by atoms with Gasteiger partial charge in [-0.05, 0) is 49.1 Å². The molecule has 0 unspecified atom stereocenters. The highest BCUT2D eigenvalue weighted by molar-refractivity contribution is 7.89. The Bertz CT molecular complexity index is 920. The third-order valence-electron chi connectivity index (χ3n) is 4.76. The van der Waals surface area contributed by atoms with Crippen LogP contribution in [0.4, 0.5) is 17.1 Å². The van der Waals surface area contributed by atoms with E-state index in [0.29, 0.717) is 18.8 Å². The molecule has 0 atom stereocenters. The van der Waals surface area contributed by atoms with E-state index in [9.17, 15) is 18.5 Å². The van der Waals surface area contributed by atoms with Crippen LogP contribution in [-0.4, -0.2) is 30.7 Å². The molecule has 144 valence electrons. The lowest BCUT2D eigenvalue weighted by atomic mass is 10.1. The molecule has 1 aliphatic heterocycles. The van der Waals surface area contributed by atoms with E-state index in [2.05, 4.69) is 12.2 Å². The van der Waals surface area contributed by atoms with Crippen molar-refractivity contribution in [1.82, 2.24) is 4.31 Å². The number of hydrogen-bond acceptors (Lipinski definition) is 5. The molecular formula is C19H23N3O4S. The molecule has 0 amide bonds. The zero-order chi connectivity index (χ0) is 19.4. The van der Waals surface area contributed by atoms with Gasteiger partial charge in [0, 0.05) is 24.8 Å². The molecule has 0 saturated carbocycles. The molecule has 0 radical (unpaired) electrons. The number of aryl methyl sites for hydroxylation is 1. The number of benzene rings is 2. The maximum atomic E-state index is 12.8. The molecule has 8 heteroatoms. The third-order valence-corrected chi connectivity index (χ3v) is 6.65. The molecule has 0 bridgehead atoms. The van der Waals surface area contributed by atoms with Gasteiger partial charge in [0.1, 0.15) is 5.69 Å². The number of nitrogens with zero attached hydrogens (tertiary/aromatic N) is 2. The number of anilines is 2. The lowest BCUT2D eigenvalue weighted by molar-refractivity contribution is -0.384. The first-order valence-electron chi connectivity index (χ1n) is 9.06. The first kappa shape index (κ1) is 19.3. The second-order valence-electron chi connectivity index (χ2n) is 6.58. The molecule has 7 nitrogen and oxygen atoms in total. The van der Waals surface area contributed by atoms with Crippen molar-refractivity contribution < 1.29 is 13.3 Å². The summed E-state index contributed by atoms with van der Waals surface area (Å²) in [6, 6.07) is 11.6. The van der Waals surface area contributed by atoms with E-state index in [1.165, 1.54) is 16.4 Å². The van der Waals surface area contributed by atoms with Crippen LogP contribution >= 0.6 is 0 Å². The van der Waals surface area contributed by atoms with Gasteiger partial charge < -0.3 is 5.32 Å². The predicted molar refractivity (Wildman–Crippen MR) is 105 cm³/mol. The van der Waals surface area contributed by atoms with Crippen molar-refractivity contribution in [1.29, 1.82) is 0 Å². The fourth-order valence-electron chi connectivity index (χ4n) is 3.16. The number of nitrogens with one attached hydrogen (secondary N) is 1. The largest absolute Gasteiger partial charge is 0.350 e. The Kier molecular flexibility index (Phi) is 5.76. The fraction of sp³-hybridized carbons (Fsp3) is 0.368. The Hall–Kier alpha value is -2.45. The number of hydrogen-bond donors (Lipinski definition) is 1. The highest BCUT2D eigenvalue weighted by Gasteiger charge is 2.28. The average molecular weight is 389 g/mol. The van der Waals surface area contributed by atoms with Crippen molar-refractivity contribution in [2.24, 2.45) is 0 Å². The number of rotatable bonds is 6. The summed E-state index contributed by atoms with van der Waals surface area (Å²) in [6.07, 6.45) is 3.54. The van der Waals surface area contributed by atoms with Crippen LogP contribution in [0.2, 0.25) is 0 Å². The Labute approximate surface area is 159 Å². The maximum absolute atomic E-state index is 12.8. The predicted octanol–water partition coefficient (Wildman–Crippen LogP) is 4.08. The SMILES string of the molecule is CCc1ccc(Nc2ccc(S(=O)(=O)N3CCCCC3)cc2[N+](=O)[O-])cc1. The average Bonchev–Trinajstić information content (AvgIpc) is 2.69. The topological polar surface area (TPSA) is 92.6 Å². The summed E-state index contributed by atoms with van der Waals surface area (Å²) >= 11 is 0. The molecule has 0 aliphatic carbocycles. The van der Waals surface area contributed by atoms with E-state index in [1.54, 1.807) is 0 Å². The van der Waals surface area contributed by atoms with Crippen molar-refractivity contribution in [2.75, 3.05) is 18.4 Å². The molecule has 2 aromatic rings. The zero-order valence-electron chi connectivity index (χ0n) is 15.2. The Morgan fingerprint density at radius 1 is 1.07 bits per heavy atom. The Morgan fingerprint density at radius 2 is 1.74 bits per heavy atom. The normalized spacial score (nSPS) is 15.4. The molecule has 2 aromatic carbocycles. The molecule has 1 heterocycles. The van der Waals surface area contributed by atoms with Crippen LogP contribution in [0, 0.1) is 10.1 Å². The van der Waals surface area contributed by atoms with Gasteiger partial charge in [0.2, 0.25) is 10.0 Å². The first-order chi connectivity index (χ1) is 12.9. The summed E-state index contributed by atoms with van der Waals surface area (Å²) in [5.41, 5.74) is 1.88.